The van der Waals surface area contributed by atoms with Gasteiger partial charge in [-0.2, -0.15) is 0 Å². The van der Waals surface area contributed by atoms with Crippen LogP contribution in [0, 0.1) is 5.92 Å². The van der Waals surface area contributed by atoms with Gasteiger partial charge in [0.05, 0.1) is 5.69 Å². The summed E-state index contributed by atoms with van der Waals surface area (Å²) in [6, 6.07) is 15.1. The van der Waals surface area contributed by atoms with E-state index in [9.17, 15) is 0 Å². The van der Waals surface area contributed by atoms with Gasteiger partial charge in [-0.05, 0) is 67.3 Å². The van der Waals surface area contributed by atoms with Crippen molar-refractivity contribution >= 4 is 10.8 Å². The highest BCUT2D eigenvalue weighted by Gasteiger charge is 2.20. The third-order valence-electron chi connectivity index (χ3n) is 5.26. The van der Waals surface area contributed by atoms with Crippen molar-refractivity contribution in [1.29, 1.82) is 0 Å². The number of benzene rings is 1. The number of rotatable bonds is 5. The molecule has 128 valence electrons. The first-order valence-corrected chi connectivity index (χ1v) is 9.32. The summed E-state index contributed by atoms with van der Waals surface area (Å²) in [4.78, 5) is 11.2. The normalized spacial score (nSPS) is 18.5. The van der Waals surface area contributed by atoms with Crippen LogP contribution in [0.15, 0.2) is 61.1 Å². The summed E-state index contributed by atoms with van der Waals surface area (Å²) in [5.41, 5.74) is 2.63. The second-order valence-electron chi connectivity index (χ2n) is 7.16. The molecule has 0 N–H and O–H groups in total. The van der Waals surface area contributed by atoms with E-state index in [1.807, 2.05) is 24.7 Å². The molecule has 3 aromatic rings. The Bertz CT molecular complexity index is 816. The van der Waals surface area contributed by atoms with Crippen molar-refractivity contribution in [2.24, 2.45) is 5.92 Å². The van der Waals surface area contributed by atoms with Crippen molar-refractivity contribution in [3.05, 3.63) is 72.3 Å². The molecule has 1 atom stereocenters. The summed E-state index contributed by atoms with van der Waals surface area (Å²) in [7, 11) is 0. The van der Waals surface area contributed by atoms with Gasteiger partial charge < -0.3 is 0 Å². The zero-order chi connectivity index (χ0) is 16.9. The van der Waals surface area contributed by atoms with Crippen molar-refractivity contribution in [3.63, 3.8) is 0 Å². The van der Waals surface area contributed by atoms with Crippen LogP contribution in [-0.4, -0.2) is 28.0 Å². The molecule has 1 aromatic carbocycles. The number of hydrogen-bond acceptors (Lipinski definition) is 3. The predicted molar refractivity (Wildman–Crippen MR) is 102 cm³/mol. The third kappa shape index (κ3) is 4.23. The number of aryl methyl sites for hydroxylation is 1. The SMILES string of the molecule is c1ccc(CN2CCC[C@@H](CCc3ccc4cnccc4c3)C2)nc1. The van der Waals surface area contributed by atoms with Gasteiger partial charge >= 0.3 is 0 Å². The molecule has 0 amide bonds. The van der Waals surface area contributed by atoms with Crippen LogP contribution in [0.5, 0.6) is 0 Å². The molecule has 1 saturated heterocycles. The maximum absolute atomic E-state index is 4.47. The summed E-state index contributed by atoms with van der Waals surface area (Å²) in [6.45, 7) is 3.39. The molecule has 3 heterocycles. The molecule has 0 saturated carbocycles. The van der Waals surface area contributed by atoms with E-state index >= 15 is 0 Å². The summed E-state index contributed by atoms with van der Waals surface area (Å²) in [5.74, 6) is 0.797. The average molecular weight is 331 g/mol. The molecule has 0 unspecified atom stereocenters. The lowest BCUT2D eigenvalue weighted by atomic mass is 9.91. The highest BCUT2D eigenvalue weighted by Crippen LogP contribution is 2.23. The minimum absolute atomic E-state index is 0.797. The van der Waals surface area contributed by atoms with Gasteiger partial charge in [-0.3, -0.25) is 14.9 Å². The minimum Gasteiger partial charge on any atom is -0.297 e. The number of aromatic nitrogens is 2. The van der Waals surface area contributed by atoms with Crippen LogP contribution in [0.1, 0.15) is 30.5 Å². The smallest absolute Gasteiger partial charge is 0.0543 e. The van der Waals surface area contributed by atoms with Crippen LogP contribution < -0.4 is 0 Å². The van der Waals surface area contributed by atoms with Crippen molar-refractivity contribution in [2.75, 3.05) is 13.1 Å². The number of fused-ring (bicyclic) bond motifs is 1. The van der Waals surface area contributed by atoms with Crippen LogP contribution in [0.3, 0.4) is 0 Å². The zero-order valence-corrected chi connectivity index (χ0v) is 14.6. The molecule has 3 heteroatoms. The van der Waals surface area contributed by atoms with Gasteiger partial charge in [-0.1, -0.05) is 24.3 Å². The number of hydrogen-bond donors (Lipinski definition) is 0. The summed E-state index contributed by atoms with van der Waals surface area (Å²) >= 11 is 0. The first-order valence-electron chi connectivity index (χ1n) is 9.32. The number of likely N-dealkylation sites (tertiary alicyclic amines) is 1. The third-order valence-corrected chi connectivity index (χ3v) is 5.26. The molecule has 0 spiro atoms. The number of piperidine rings is 1. The standard InChI is InChI=1S/C22H25N3/c1-2-11-24-22(5-1)17-25-13-3-4-19(16-25)7-6-18-8-9-21-15-23-12-10-20(21)14-18/h1-2,5,8-12,14-15,19H,3-4,6-7,13,16-17H2/t19-/m0/s1. The Kier molecular flexibility index (Phi) is 5.03. The predicted octanol–water partition coefficient (Wildman–Crippen LogP) is 4.47. The van der Waals surface area contributed by atoms with E-state index in [4.69, 9.17) is 0 Å². The number of pyridine rings is 2. The largest absolute Gasteiger partial charge is 0.297 e. The van der Waals surface area contributed by atoms with E-state index in [2.05, 4.69) is 51.3 Å². The Balaban J connectivity index is 1.34. The van der Waals surface area contributed by atoms with E-state index in [-0.39, 0.29) is 0 Å². The van der Waals surface area contributed by atoms with Gasteiger partial charge in [0.15, 0.2) is 0 Å². The zero-order valence-electron chi connectivity index (χ0n) is 14.6. The first kappa shape index (κ1) is 16.2. The van der Waals surface area contributed by atoms with Crippen molar-refractivity contribution < 1.29 is 0 Å². The van der Waals surface area contributed by atoms with Gasteiger partial charge in [0.25, 0.3) is 0 Å². The second-order valence-corrected chi connectivity index (χ2v) is 7.16. The molecule has 0 bridgehead atoms. The van der Waals surface area contributed by atoms with Crippen molar-refractivity contribution in [1.82, 2.24) is 14.9 Å². The lowest BCUT2D eigenvalue weighted by molar-refractivity contribution is 0.160. The van der Waals surface area contributed by atoms with Gasteiger partial charge in [0, 0.05) is 37.1 Å². The Morgan fingerprint density at radius 1 is 1.04 bits per heavy atom. The van der Waals surface area contributed by atoms with Crippen molar-refractivity contribution in [3.8, 4) is 0 Å². The average Bonchev–Trinajstić information content (AvgIpc) is 2.67. The Labute approximate surface area is 149 Å². The lowest BCUT2D eigenvalue weighted by Crippen LogP contribution is -2.35. The van der Waals surface area contributed by atoms with E-state index in [0.29, 0.717) is 0 Å². The maximum Gasteiger partial charge on any atom is 0.0543 e. The summed E-state index contributed by atoms with van der Waals surface area (Å²) in [5, 5.41) is 2.53. The van der Waals surface area contributed by atoms with E-state index in [1.165, 1.54) is 60.8 Å². The molecular formula is C22H25N3. The molecule has 0 radical (unpaired) electrons. The monoisotopic (exact) mass is 331 g/mol. The van der Waals surface area contributed by atoms with Crippen LogP contribution >= 0.6 is 0 Å². The van der Waals surface area contributed by atoms with E-state index < -0.39 is 0 Å². The first-order chi connectivity index (χ1) is 12.4. The highest BCUT2D eigenvalue weighted by atomic mass is 15.1. The molecule has 25 heavy (non-hydrogen) atoms. The van der Waals surface area contributed by atoms with Gasteiger partial charge in [-0.15, -0.1) is 0 Å². The van der Waals surface area contributed by atoms with Gasteiger partial charge in [0.2, 0.25) is 0 Å². The molecule has 3 nitrogen and oxygen atoms in total. The maximum atomic E-state index is 4.47. The fraction of sp³-hybridized carbons (Fsp3) is 0.364. The molecule has 1 aliphatic heterocycles. The van der Waals surface area contributed by atoms with Gasteiger partial charge in [0.1, 0.15) is 0 Å². The molecule has 0 aliphatic carbocycles. The fourth-order valence-corrected chi connectivity index (χ4v) is 3.91. The number of nitrogens with zero attached hydrogens (tertiary/aromatic N) is 3. The van der Waals surface area contributed by atoms with E-state index in [0.717, 1.165) is 12.5 Å². The summed E-state index contributed by atoms with van der Waals surface area (Å²) in [6.07, 6.45) is 10.8. The lowest BCUT2D eigenvalue weighted by Gasteiger charge is -2.32. The van der Waals surface area contributed by atoms with Crippen LogP contribution in [-0.2, 0) is 13.0 Å². The topological polar surface area (TPSA) is 29.0 Å². The molecule has 1 fully saturated rings. The Hall–Kier alpha value is -2.26. The van der Waals surface area contributed by atoms with Crippen LogP contribution in [0.2, 0.25) is 0 Å². The Morgan fingerprint density at radius 2 is 2.04 bits per heavy atom. The molecule has 1 aliphatic rings. The Morgan fingerprint density at radius 3 is 2.96 bits per heavy atom. The highest BCUT2D eigenvalue weighted by molar-refractivity contribution is 5.81. The molecule has 4 rings (SSSR count). The fourth-order valence-electron chi connectivity index (χ4n) is 3.91. The second kappa shape index (κ2) is 7.75. The minimum atomic E-state index is 0.797. The molecular weight excluding hydrogens is 306 g/mol. The molecule has 2 aromatic heterocycles. The van der Waals surface area contributed by atoms with Crippen molar-refractivity contribution in [2.45, 2.75) is 32.2 Å². The van der Waals surface area contributed by atoms with Gasteiger partial charge in [-0.25, -0.2) is 0 Å². The van der Waals surface area contributed by atoms with Crippen LogP contribution in [0.4, 0.5) is 0 Å². The quantitative estimate of drug-likeness (QED) is 0.690. The van der Waals surface area contributed by atoms with E-state index in [1.54, 1.807) is 0 Å². The summed E-state index contributed by atoms with van der Waals surface area (Å²) < 4.78 is 0. The van der Waals surface area contributed by atoms with Crippen LogP contribution in [0.25, 0.3) is 10.8 Å².